The minimum Gasteiger partial charge on any atom is -0.299 e. The number of hydrogen-bond acceptors (Lipinski definition) is 1. The van der Waals surface area contributed by atoms with Crippen LogP contribution in [0.3, 0.4) is 0 Å². The number of likely N-dealkylation sites (N-methyl/N-ethyl adjacent to an activating group) is 1. The quantitative estimate of drug-likeness (QED) is 0.714. The molecule has 1 aromatic carbocycles. The van der Waals surface area contributed by atoms with E-state index in [0.717, 1.165) is 12.5 Å². The second-order valence-corrected chi connectivity index (χ2v) is 5.83. The standard InChI is InChI=1S/C17H23N/c1-18-12-11-15-9-5-6-10-16(15)17(18)13-14-7-3-2-4-8-14/h2-4,7-8,11,16-17H,5-6,9-10,12-13H2,1H3. The summed E-state index contributed by atoms with van der Waals surface area (Å²) in [6.45, 7) is 1.14. The smallest absolute Gasteiger partial charge is 0.0201 e. The van der Waals surface area contributed by atoms with Gasteiger partial charge in [0, 0.05) is 12.6 Å². The maximum absolute atomic E-state index is 2.55. The van der Waals surface area contributed by atoms with Crippen LogP contribution in [0.1, 0.15) is 31.2 Å². The normalized spacial score (nSPS) is 28.6. The summed E-state index contributed by atoms with van der Waals surface area (Å²) in [6.07, 6.45) is 9.27. The molecular weight excluding hydrogens is 218 g/mol. The number of fused-ring (bicyclic) bond motifs is 1. The van der Waals surface area contributed by atoms with E-state index in [4.69, 9.17) is 0 Å². The highest BCUT2D eigenvalue weighted by Gasteiger charge is 2.32. The molecular formula is C17H23N. The van der Waals surface area contributed by atoms with Crippen LogP contribution < -0.4 is 0 Å². The minimum atomic E-state index is 0.715. The molecule has 0 amide bonds. The molecule has 2 atom stereocenters. The second kappa shape index (κ2) is 5.27. The van der Waals surface area contributed by atoms with E-state index in [1.807, 2.05) is 0 Å². The van der Waals surface area contributed by atoms with E-state index in [9.17, 15) is 0 Å². The van der Waals surface area contributed by atoms with Crippen molar-refractivity contribution < 1.29 is 0 Å². The molecule has 1 saturated carbocycles. The Morgan fingerprint density at radius 3 is 2.83 bits per heavy atom. The van der Waals surface area contributed by atoms with Crippen molar-refractivity contribution in [1.82, 2.24) is 4.90 Å². The van der Waals surface area contributed by atoms with Crippen molar-refractivity contribution in [2.75, 3.05) is 13.6 Å². The summed E-state index contributed by atoms with van der Waals surface area (Å²) in [7, 11) is 2.29. The van der Waals surface area contributed by atoms with Crippen LogP contribution in [0.2, 0.25) is 0 Å². The van der Waals surface area contributed by atoms with Gasteiger partial charge in [-0.05, 0) is 44.2 Å². The van der Waals surface area contributed by atoms with Crippen molar-refractivity contribution in [3.05, 3.63) is 47.5 Å². The molecule has 1 fully saturated rings. The number of benzene rings is 1. The van der Waals surface area contributed by atoms with Crippen LogP contribution in [-0.4, -0.2) is 24.5 Å². The Bertz CT molecular complexity index is 420. The van der Waals surface area contributed by atoms with E-state index in [1.54, 1.807) is 5.57 Å². The highest BCUT2D eigenvalue weighted by molar-refractivity contribution is 5.21. The zero-order chi connectivity index (χ0) is 12.4. The van der Waals surface area contributed by atoms with Gasteiger partial charge >= 0.3 is 0 Å². The molecule has 3 rings (SSSR count). The van der Waals surface area contributed by atoms with Crippen molar-refractivity contribution in [3.8, 4) is 0 Å². The summed E-state index contributed by atoms with van der Waals surface area (Å²) in [5.74, 6) is 0.817. The molecule has 2 aliphatic rings. The summed E-state index contributed by atoms with van der Waals surface area (Å²) < 4.78 is 0. The van der Waals surface area contributed by atoms with Crippen LogP contribution in [0.25, 0.3) is 0 Å². The van der Waals surface area contributed by atoms with Gasteiger partial charge in [0.25, 0.3) is 0 Å². The average molecular weight is 241 g/mol. The Morgan fingerprint density at radius 2 is 2.00 bits per heavy atom. The molecule has 1 heterocycles. The fourth-order valence-corrected chi connectivity index (χ4v) is 3.61. The third-order valence-corrected chi connectivity index (χ3v) is 4.67. The predicted molar refractivity (Wildman–Crippen MR) is 76.6 cm³/mol. The van der Waals surface area contributed by atoms with Crippen LogP contribution in [-0.2, 0) is 6.42 Å². The van der Waals surface area contributed by atoms with E-state index >= 15 is 0 Å². The molecule has 1 heteroatoms. The lowest BCUT2D eigenvalue weighted by atomic mass is 9.75. The zero-order valence-electron chi connectivity index (χ0n) is 11.3. The number of rotatable bonds is 2. The van der Waals surface area contributed by atoms with Crippen molar-refractivity contribution in [2.45, 2.75) is 38.1 Å². The lowest BCUT2D eigenvalue weighted by Crippen LogP contribution is -2.44. The molecule has 0 saturated heterocycles. The van der Waals surface area contributed by atoms with Crippen molar-refractivity contribution in [1.29, 1.82) is 0 Å². The van der Waals surface area contributed by atoms with E-state index in [-0.39, 0.29) is 0 Å². The van der Waals surface area contributed by atoms with Gasteiger partial charge < -0.3 is 0 Å². The van der Waals surface area contributed by atoms with Crippen LogP contribution in [0.5, 0.6) is 0 Å². The first-order chi connectivity index (χ1) is 8.84. The Balaban J connectivity index is 1.79. The fourth-order valence-electron chi connectivity index (χ4n) is 3.61. The number of hydrogen-bond donors (Lipinski definition) is 0. The molecule has 2 unspecified atom stereocenters. The molecule has 1 nitrogen and oxygen atoms in total. The Labute approximate surface area is 111 Å². The van der Waals surface area contributed by atoms with E-state index in [1.165, 1.54) is 37.7 Å². The fraction of sp³-hybridized carbons (Fsp3) is 0.529. The zero-order valence-corrected chi connectivity index (χ0v) is 11.3. The van der Waals surface area contributed by atoms with Gasteiger partial charge in [0.2, 0.25) is 0 Å². The Hall–Kier alpha value is -1.08. The highest BCUT2D eigenvalue weighted by Crippen LogP contribution is 2.37. The first-order valence-electron chi connectivity index (χ1n) is 7.27. The Morgan fingerprint density at radius 1 is 1.17 bits per heavy atom. The maximum atomic E-state index is 2.55. The molecule has 1 aromatic rings. The maximum Gasteiger partial charge on any atom is 0.0201 e. The summed E-state index contributed by atoms with van der Waals surface area (Å²) >= 11 is 0. The molecule has 1 aliphatic carbocycles. The number of nitrogens with zero attached hydrogens (tertiary/aromatic N) is 1. The largest absolute Gasteiger partial charge is 0.299 e. The summed E-state index contributed by atoms with van der Waals surface area (Å²) in [4.78, 5) is 2.55. The van der Waals surface area contributed by atoms with Gasteiger partial charge in [0.15, 0.2) is 0 Å². The molecule has 0 bridgehead atoms. The molecule has 0 N–H and O–H groups in total. The van der Waals surface area contributed by atoms with E-state index in [2.05, 4.69) is 48.4 Å². The molecule has 96 valence electrons. The highest BCUT2D eigenvalue weighted by atomic mass is 15.1. The van der Waals surface area contributed by atoms with E-state index < -0.39 is 0 Å². The monoisotopic (exact) mass is 241 g/mol. The van der Waals surface area contributed by atoms with Gasteiger partial charge in [-0.3, -0.25) is 4.90 Å². The second-order valence-electron chi connectivity index (χ2n) is 5.83. The first kappa shape index (κ1) is 12.0. The van der Waals surface area contributed by atoms with Gasteiger partial charge in [-0.25, -0.2) is 0 Å². The van der Waals surface area contributed by atoms with Crippen molar-refractivity contribution in [3.63, 3.8) is 0 Å². The van der Waals surface area contributed by atoms with Crippen LogP contribution >= 0.6 is 0 Å². The van der Waals surface area contributed by atoms with Gasteiger partial charge in [-0.2, -0.15) is 0 Å². The van der Waals surface area contributed by atoms with Crippen molar-refractivity contribution >= 4 is 0 Å². The Kier molecular flexibility index (Phi) is 3.51. The molecule has 0 radical (unpaired) electrons. The van der Waals surface area contributed by atoms with Crippen molar-refractivity contribution in [2.24, 2.45) is 5.92 Å². The average Bonchev–Trinajstić information content (AvgIpc) is 2.43. The molecule has 18 heavy (non-hydrogen) atoms. The van der Waals surface area contributed by atoms with Crippen LogP contribution in [0.15, 0.2) is 42.0 Å². The predicted octanol–water partition coefficient (Wildman–Crippen LogP) is 3.66. The molecule has 0 spiro atoms. The van der Waals surface area contributed by atoms with Gasteiger partial charge in [-0.1, -0.05) is 48.4 Å². The minimum absolute atomic E-state index is 0.715. The van der Waals surface area contributed by atoms with Gasteiger partial charge in [0.1, 0.15) is 0 Å². The lowest BCUT2D eigenvalue weighted by Gasteiger charge is -2.42. The third kappa shape index (κ3) is 2.37. The van der Waals surface area contributed by atoms with E-state index in [0.29, 0.717) is 6.04 Å². The molecule has 1 aliphatic heterocycles. The molecule has 0 aromatic heterocycles. The first-order valence-corrected chi connectivity index (χ1v) is 7.27. The van der Waals surface area contributed by atoms with Crippen LogP contribution in [0.4, 0.5) is 0 Å². The lowest BCUT2D eigenvalue weighted by molar-refractivity contribution is 0.171. The SMILES string of the molecule is CN1CC=C2CCCCC2C1Cc1ccccc1. The van der Waals surface area contributed by atoms with Crippen LogP contribution in [0, 0.1) is 5.92 Å². The van der Waals surface area contributed by atoms with Gasteiger partial charge in [-0.15, -0.1) is 0 Å². The van der Waals surface area contributed by atoms with Gasteiger partial charge in [0.05, 0.1) is 0 Å². The summed E-state index contributed by atoms with van der Waals surface area (Å²) in [6, 6.07) is 11.7. The topological polar surface area (TPSA) is 3.24 Å². The summed E-state index contributed by atoms with van der Waals surface area (Å²) in [5.41, 5.74) is 3.24. The summed E-state index contributed by atoms with van der Waals surface area (Å²) in [5, 5.41) is 0. The third-order valence-electron chi connectivity index (χ3n) is 4.67.